The number of hydrogen-bond acceptors (Lipinski definition) is 7. The predicted molar refractivity (Wildman–Crippen MR) is 159 cm³/mol. The van der Waals surface area contributed by atoms with Crippen LogP contribution >= 0.6 is 0 Å². The predicted octanol–water partition coefficient (Wildman–Crippen LogP) is 2.73. The zero-order valence-corrected chi connectivity index (χ0v) is 24.6. The standard InChI is InChI=1S/C30H40FN5O4S/c1-20(2)41(39,40)36(3)29-17-23(16-28(35-29)33-18-24-15-25(24)31)30(38)34-26(14-22-8-5-4-6-9-22)27(37)19-32-13-7-10-21-11-12-21/h4-6,8-9,16-17,20-21,24-27,32,37H,11-15,18-19H2,1-3H3,(H,33,35)(H,34,38)/t24-,25+,26+,27-/m1/s1. The van der Waals surface area contributed by atoms with Crippen LogP contribution in [0.1, 0.15) is 49.0 Å². The molecule has 0 radical (unpaired) electrons. The van der Waals surface area contributed by atoms with Crippen LogP contribution in [-0.4, -0.2) is 74.7 Å². The number of hydrogen-bond donors (Lipinski definition) is 4. The second kappa shape index (κ2) is 13.6. The lowest BCUT2D eigenvalue weighted by Gasteiger charge is -2.25. The molecule has 4 N–H and O–H groups in total. The van der Waals surface area contributed by atoms with E-state index in [0.29, 0.717) is 31.8 Å². The molecule has 1 aromatic heterocycles. The molecule has 1 amide bonds. The van der Waals surface area contributed by atoms with Gasteiger partial charge in [-0.05, 0) is 57.2 Å². The van der Waals surface area contributed by atoms with E-state index in [1.165, 1.54) is 19.2 Å². The Morgan fingerprint density at radius 1 is 1.22 bits per heavy atom. The van der Waals surface area contributed by atoms with Crippen LogP contribution < -0.4 is 20.3 Å². The maximum Gasteiger partial charge on any atom is 0.251 e. The van der Waals surface area contributed by atoms with Crippen molar-refractivity contribution in [3.8, 4) is 11.8 Å². The van der Waals surface area contributed by atoms with Crippen LogP contribution in [0.4, 0.5) is 16.0 Å². The fraction of sp³-hybridized carbons (Fsp3) is 0.533. The van der Waals surface area contributed by atoms with Gasteiger partial charge in [0.15, 0.2) is 0 Å². The van der Waals surface area contributed by atoms with Gasteiger partial charge in [0.2, 0.25) is 10.0 Å². The van der Waals surface area contributed by atoms with Gasteiger partial charge in [-0.3, -0.25) is 9.10 Å². The molecule has 2 aliphatic rings. The number of nitrogens with zero attached hydrogens (tertiary/aromatic N) is 2. The van der Waals surface area contributed by atoms with Crippen molar-refractivity contribution in [2.24, 2.45) is 11.8 Å². The molecule has 2 aromatic rings. The van der Waals surface area contributed by atoms with Gasteiger partial charge in [0, 0.05) is 37.5 Å². The van der Waals surface area contributed by atoms with Crippen molar-refractivity contribution in [3.05, 3.63) is 53.6 Å². The largest absolute Gasteiger partial charge is 0.390 e. The van der Waals surface area contributed by atoms with Crippen molar-refractivity contribution in [1.82, 2.24) is 15.6 Å². The van der Waals surface area contributed by atoms with Gasteiger partial charge in [-0.1, -0.05) is 42.2 Å². The number of amides is 1. The Kier molecular flexibility index (Phi) is 10.2. The number of carbonyl (C=O) groups is 1. The number of aliphatic hydroxyl groups is 1. The number of anilines is 2. The van der Waals surface area contributed by atoms with Crippen LogP contribution in [0.15, 0.2) is 42.5 Å². The third-order valence-electron chi connectivity index (χ3n) is 7.29. The lowest BCUT2D eigenvalue weighted by Crippen LogP contribution is -2.48. The number of alkyl halides is 1. The topological polar surface area (TPSA) is 124 Å². The number of aliphatic hydroxyl groups excluding tert-OH is 1. The molecule has 2 aliphatic carbocycles. The molecular weight excluding hydrogens is 545 g/mol. The summed E-state index contributed by atoms with van der Waals surface area (Å²) in [6.45, 7) is 4.13. The molecule has 11 heteroatoms. The number of benzene rings is 1. The highest BCUT2D eigenvalue weighted by atomic mass is 32.2. The van der Waals surface area contributed by atoms with E-state index in [4.69, 9.17) is 0 Å². The first kappa shape index (κ1) is 30.8. The minimum absolute atomic E-state index is 0.0671. The Balaban J connectivity index is 1.53. The second-order valence-corrected chi connectivity index (χ2v) is 13.6. The molecule has 2 saturated carbocycles. The summed E-state index contributed by atoms with van der Waals surface area (Å²) < 4.78 is 40.2. The Morgan fingerprint density at radius 3 is 2.56 bits per heavy atom. The minimum Gasteiger partial charge on any atom is -0.390 e. The molecule has 0 aliphatic heterocycles. The number of aromatic nitrogens is 1. The minimum atomic E-state index is -3.72. The molecule has 9 nitrogen and oxygen atoms in total. The Bertz CT molecular complexity index is 1360. The van der Waals surface area contributed by atoms with Crippen molar-refractivity contribution in [2.45, 2.75) is 63.1 Å². The van der Waals surface area contributed by atoms with E-state index in [2.05, 4.69) is 32.8 Å². The van der Waals surface area contributed by atoms with E-state index >= 15 is 0 Å². The fourth-order valence-electron chi connectivity index (χ4n) is 4.25. The van der Waals surface area contributed by atoms with Gasteiger partial charge in [0.1, 0.15) is 17.8 Å². The highest BCUT2D eigenvalue weighted by molar-refractivity contribution is 7.93. The second-order valence-electron chi connectivity index (χ2n) is 11.1. The van der Waals surface area contributed by atoms with Gasteiger partial charge in [0.25, 0.3) is 5.91 Å². The molecule has 1 heterocycles. The van der Waals surface area contributed by atoms with Gasteiger partial charge >= 0.3 is 0 Å². The Labute approximate surface area is 242 Å². The van der Waals surface area contributed by atoms with Crippen molar-refractivity contribution in [2.75, 3.05) is 36.3 Å². The first-order chi connectivity index (χ1) is 19.5. The molecule has 0 bridgehead atoms. The van der Waals surface area contributed by atoms with Gasteiger partial charge in [-0.25, -0.2) is 17.8 Å². The monoisotopic (exact) mass is 585 g/mol. The lowest BCUT2D eigenvalue weighted by atomic mass is 10.0. The smallest absolute Gasteiger partial charge is 0.251 e. The number of pyridine rings is 1. The normalized spacial score (nSPS) is 19.6. The molecular formula is C30H40FN5O4S. The van der Waals surface area contributed by atoms with Gasteiger partial charge in [-0.2, -0.15) is 0 Å². The zero-order chi connectivity index (χ0) is 29.6. The SMILES string of the molecule is CC(C)S(=O)(=O)N(C)c1cc(C(=O)N[C@@H](Cc2ccccc2)[C@H](O)CNCC#CC2CC2)cc(NC[C@H]2C[C@@H]2F)n1. The van der Waals surface area contributed by atoms with Gasteiger partial charge in [0.05, 0.1) is 23.9 Å². The number of carbonyl (C=O) groups excluding carboxylic acids is 1. The summed E-state index contributed by atoms with van der Waals surface area (Å²) in [6.07, 6.45) is 1.34. The molecule has 222 valence electrons. The zero-order valence-electron chi connectivity index (χ0n) is 23.8. The molecule has 0 spiro atoms. The third-order valence-corrected chi connectivity index (χ3v) is 9.43. The Morgan fingerprint density at radius 2 is 1.93 bits per heavy atom. The summed E-state index contributed by atoms with van der Waals surface area (Å²) in [5.41, 5.74) is 1.11. The quantitative estimate of drug-likeness (QED) is 0.199. The van der Waals surface area contributed by atoms with Crippen LogP contribution in [-0.2, 0) is 16.4 Å². The first-order valence-electron chi connectivity index (χ1n) is 14.1. The first-order valence-corrected chi connectivity index (χ1v) is 15.6. The van der Waals surface area contributed by atoms with E-state index in [1.54, 1.807) is 13.8 Å². The van der Waals surface area contributed by atoms with Crippen molar-refractivity contribution in [1.29, 1.82) is 0 Å². The van der Waals surface area contributed by atoms with Crippen LogP contribution in [0.5, 0.6) is 0 Å². The lowest BCUT2D eigenvalue weighted by molar-refractivity contribution is 0.0832. The van der Waals surface area contributed by atoms with E-state index in [-0.39, 0.29) is 29.7 Å². The van der Waals surface area contributed by atoms with Gasteiger partial charge < -0.3 is 21.1 Å². The summed E-state index contributed by atoms with van der Waals surface area (Å²) >= 11 is 0. The van der Waals surface area contributed by atoms with Crippen LogP contribution in [0.2, 0.25) is 0 Å². The summed E-state index contributed by atoms with van der Waals surface area (Å²) in [6, 6.07) is 11.8. The Hall–Kier alpha value is -3.20. The highest BCUT2D eigenvalue weighted by Gasteiger charge is 2.37. The average molecular weight is 586 g/mol. The van der Waals surface area contributed by atoms with Crippen molar-refractivity contribution >= 4 is 27.6 Å². The van der Waals surface area contributed by atoms with Crippen molar-refractivity contribution < 1.29 is 22.7 Å². The molecule has 1 aromatic carbocycles. The number of sulfonamides is 1. The summed E-state index contributed by atoms with van der Waals surface area (Å²) in [5, 5.41) is 19.5. The molecule has 4 atom stereocenters. The number of nitrogens with one attached hydrogen (secondary N) is 3. The fourth-order valence-corrected chi connectivity index (χ4v) is 5.24. The molecule has 0 unspecified atom stereocenters. The molecule has 41 heavy (non-hydrogen) atoms. The molecule has 0 saturated heterocycles. The van der Waals surface area contributed by atoms with E-state index in [0.717, 1.165) is 22.7 Å². The van der Waals surface area contributed by atoms with E-state index in [1.807, 2.05) is 30.3 Å². The molecule has 2 fully saturated rings. The van der Waals surface area contributed by atoms with Crippen LogP contribution in [0.25, 0.3) is 0 Å². The van der Waals surface area contributed by atoms with Gasteiger partial charge in [-0.15, -0.1) is 0 Å². The average Bonchev–Trinajstić information content (AvgIpc) is 3.89. The van der Waals surface area contributed by atoms with Crippen LogP contribution in [0.3, 0.4) is 0 Å². The van der Waals surface area contributed by atoms with Crippen LogP contribution in [0, 0.1) is 23.7 Å². The number of rotatable bonds is 14. The summed E-state index contributed by atoms with van der Waals surface area (Å²) in [7, 11) is -2.33. The maximum atomic E-state index is 13.6. The van der Waals surface area contributed by atoms with E-state index < -0.39 is 39.5 Å². The summed E-state index contributed by atoms with van der Waals surface area (Å²) in [4.78, 5) is 18.0. The summed E-state index contributed by atoms with van der Waals surface area (Å²) in [5.74, 6) is 6.45. The third kappa shape index (κ3) is 8.89. The highest BCUT2D eigenvalue weighted by Crippen LogP contribution is 2.34. The number of halogens is 1. The maximum absolute atomic E-state index is 13.6. The van der Waals surface area contributed by atoms with Crippen molar-refractivity contribution in [3.63, 3.8) is 0 Å². The van der Waals surface area contributed by atoms with E-state index in [9.17, 15) is 22.7 Å². The molecule has 4 rings (SSSR count).